The number of halogens is 1. The maximum absolute atomic E-state index is 13.9. The third kappa shape index (κ3) is 1.97. The third-order valence-corrected chi connectivity index (χ3v) is 6.22. The van der Waals surface area contributed by atoms with Gasteiger partial charge in [-0.1, -0.05) is 25.0 Å². The molecular weight excluding hydrogens is 347 g/mol. The molecule has 3 fully saturated rings. The summed E-state index contributed by atoms with van der Waals surface area (Å²) in [5, 5.41) is 38.8. The molecular formula is C20H17FN4O2. The lowest BCUT2D eigenvalue weighted by Gasteiger charge is -2.49. The van der Waals surface area contributed by atoms with Crippen LogP contribution in [0.4, 0.5) is 4.39 Å². The van der Waals surface area contributed by atoms with Crippen LogP contribution in [0.15, 0.2) is 24.3 Å². The summed E-state index contributed by atoms with van der Waals surface area (Å²) in [6, 6.07) is 11.6. The highest BCUT2D eigenvalue weighted by atomic mass is 19.1. The lowest BCUT2D eigenvalue weighted by atomic mass is 9.52. The van der Waals surface area contributed by atoms with E-state index in [1.165, 1.54) is 18.2 Å². The zero-order valence-corrected chi connectivity index (χ0v) is 14.5. The maximum Gasteiger partial charge on any atom is 0.217 e. The summed E-state index contributed by atoms with van der Waals surface area (Å²) < 4.78 is 26.0. The van der Waals surface area contributed by atoms with E-state index in [9.17, 15) is 20.2 Å². The molecule has 1 saturated carbocycles. The Labute approximate surface area is 156 Å². The summed E-state index contributed by atoms with van der Waals surface area (Å²) in [5.41, 5.74) is -3.48. The molecule has 2 saturated heterocycles. The van der Waals surface area contributed by atoms with Gasteiger partial charge in [-0.05, 0) is 30.5 Å². The normalized spacial score (nSPS) is 36.3. The predicted molar refractivity (Wildman–Crippen MR) is 90.0 cm³/mol. The Morgan fingerprint density at radius 3 is 2.56 bits per heavy atom. The van der Waals surface area contributed by atoms with Crippen LogP contribution in [-0.2, 0) is 9.47 Å². The van der Waals surface area contributed by atoms with E-state index in [1.807, 2.05) is 12.1 Å². The van der Waals surface area contributed by atoms with Crippen molar-refractivity contribution in [2.75, 3.05) is 0 Å². The van der Waals surface area contributed by atoms with E-state index in [4.69, 9.17) is 14.9 Å². The molecule has 1 aliphatic carbocycles. The zero-order valence-electron chi connectivity index (χ0n) is 14.5. The molecule has 0 amide bonds. The smallest absolute Gasteiger partial charge is 0.217 e. The first-order valence-electron chi connectivity index (χ1n) is 8.95. The van der Waals surface area contributed by atoms with Gasteiger partial charge in [0, 0.05) is 6.42 Å². The van der Waals surface area contributed by atoms with Gasteiger partial charge in [0.25, 0.3) is 0 Å². The second-order valence-electron chi connectivity index (χ2n) is 7.40. The average Bonchev–Trinajstić information content (AvgIpc) is 2.80. The van der Waals surface area contributed by atoms with Gasteiger partial charge in [-0.2, -0.15) is 15.8 Å². The predicted octanol–water partition coefficient (Wildman–Crippen LogP) is 3.72. The van der Waals surface area contributed by atoms with Crippen LogP contribution < -0.4 is 0 Å². The molecule has 2 bridgehead atoms. The SMILES string of the molecule is N#CC1(C#N)[C@H](c2cccc(F)c2)O[C@@]23CCCCC[C@H]2[C@@]1(C#N)C(=N)O3. The number of nitrogens with one attached hydrogen (secondary N) is 1. The average molecular weight is 364 g/mol. The van der Waals surface area contributed by atoms with Crippen molar-refractivity contribution >= 4 is 5.90 Å². The van der Waals surface area contributed by atoms with E-state index >= 15 is 0 Å². The number of ether oxygens (including phenoxy) is 2. The van der Waals surface area contributed by atoms with Gasteiger partial charge in [-0.3, -0.25) is 5.41 Å². The van der Waals surface area contributed by atoms with Crippen molar-refractivity contribution in [2.45, 2.75) is 44.0 Å². The van der Waals surface area contributed by atoms with Gasteiger partial charge in [-0.15, -0.1) is 0 Å². The number of nitrogens with zero attached hydrogens (tertiary/aromatic N) is 3. The first-order chi connectivity index (χ1) is 13.0. The van der Waals surface area contributed by atoms with Gasteiger partial charge in [-0.25, -0.2) is 4.39 Å². The molecule has 0 unspecified atom stereocenters. The molecule has 1 N–H and O–H groups in total. The third-order valence-electron chi connectivity index (χ3n) is 6.22. The van der Waals surface area contributed by atoms with Gasteiger partial charge in [0.05, 0.1) is 24.1 Å². The number of nitriles is 3. The number of hydrogen-bond donors (Lipinski definition) is 1. The summed E-state index contributed by atoms with van der Waals surface area (Å²) in [4.78, 5) is 0. The summed E-state index contributed by atoms with van der Waals surface area (Å²) in [5.74, 6) is -2.75. The summed E-state index contributed by atoms with van der Waals surface area (Å²) in [7, 11) is 0. The van der Waals surface area contributed by atoms with Crippen molar-refractivity contribution in [3.8, 4) is 18.2 Å². The molecule has 1 aromatic rings. The first kappa shape index (κ1) is 17.5. The molecule has 2 aliphatic heterocycles. The number of benzene rings is 1. The van der Waals surface area contributed by atoms with Crippen LogP contribution in [0.1, 0.15) is 43.8 Å². The molecule has 0 spiro atoms. The molecule has 3 aliphatic rings. The second kappa shape index (κ2) is 5.78. The van der Waals surface area contributed by atoms with Crippen LogP contribution in [0.25, 0.3) is 0 Å². The topological polar surface area (TPSA) is 114 Å². The minimum Gasteiger partial charge on any atom is -0.447 e. The molecule has 136 valence electrons. The summed E-state index contributed by atoms with van der Waals surface area (Å²) >= 11 is 0. The van der Waals surface area contributed by atoms with Crippen LogP contribution in [0.5, 0.6) is 0 Å². The molecule has 4 atom stereocenters. The van der Waals surface area contributed by atoms with Crippen LogP contribution in [0, 0.1) is 62.0 Å². The molecule has 1 aromatic carbocycles. The van der Waals surface area contributed by atoms with Crippen LogP contribution in [0.2, 0.25) is 0 Å². The molecule has 0 aromatic heterocycles. The van der Waals surface area contributed by atoms with Gasteiger partial charge >= 0.3 is 0 Å². The van der Waals surface area contributed by atoms with Crippen LogP contribution in [0.3, 0.4) is 0 Å². The van der Waals surface area contributed by atoms with Gasteiger partial charge in [0.2, 0.25) is 17.1 Å². The number of hydrogen-bond acceptors (Lipinski definition) is 6. The lowest BCUT2D eigenvalue weighted by Crippen LogP contribution is -2.59. The Balaban J connectivity index is 2.01. The molecule has 27 heavy (non-hydrogen) atoms. The minimum atomic E-state index is -2.01. The first-order valence-corrected chi connectivity index (χ1v) is 8.95. The van der Waals surface area contributed by atoms with Crippen molar-refractivity contribution in [3.63, 3.8) is 0 Å². The Morgan fingerprint density at radius 2 is 1.89 bits per heavy atom. The maximum atomic E-state index is 13.9. The Hall–Kier alpha value is -2.95. The minimum absolute atomic E-state index is 0.290. The van der Waals surface area contributed by atoms with Crippen LogP contribution in [-0.4, -0.2) is 11.7 Å². The summed E-state index contributed by atoms with van der Waals surface area (Å²) in [6.45, 7) is 0. The van der Waals surface area contributed by atoms with E-state index in [-0.39, 0.29) is 11.5 Å². The lowest BCUT2D eigenvalue weighted by molar-refractivity contribution is -0.285. The molecule has 7 heteroatoms. The number of rotatable bonds is 1. The molecule has 6 nitrogen and oxygen atoms in total. The fourth-order valence-electron chi connectivity index (χ4n) is 5.01. The standard InChI is InChI=1S/C20H17FN4O2/c21-14-6-4-5-13(9-14)16-18(10-22,11-23)19(12-24)15-7-2-1-3-8-20(15,26-16)27-17(19)25/h4-6,9,15-16,25H,1-3,7-8H2/t15-,16-,19-,20+/m0/s1. The Bertz CT molecular complexity index is 929. The fraction of sp³-hybridized carbons (Fsp3) is 0.500. The fourth-order valence-corrected chi connectivity index (χ4v) is 5.01. The highest BCUT2D eigenvalue weighted by Crippen LogP contribution is 2.68. The van der Waals surface area contributed by atoms with Crippen molar-refractivity contribution in [1.29, 1.82) is 21.2 Å². The summed E-state index contributed by atoms with van der Waals surface area (Å²) in [6.07, 6.45) is 2.29. The van der Waals surface area contributed by atoms with E-state index in [0.717, 1.165) is 19.3 Å². The largest absolute Gasteiger partial charge is 0.447 e. The zero-order chi connectivity index (χ0) is 19.3. The van der Waals surface area contributed by atoms with Crippen molar-refractivity contribution in [1.82, 2.24) is 0 Å². The quantitative estimate of drug-likeness (QED) is 0.815. The van der Waals surface area contributed by atoms with E-state index in [1.54, 1.807) is 6.07 Å². The highest BCUT2D eigenvalue weighted by molar-refractivity contribution is 5.89. The Morgan fingerprint density at radius 1 is 1.11 bits per heavy atom. The second-order valence-corrected chi connectivity index (χ2v) is 7.40. The Kier molecular flexibility index (Phi) is 3.74. The van der Waals surface area contributed by atoms with Crippen molar-refractivity contribution in [2.24, 2.45) is 16.7 Å². The molecule has 0 radical (unpaired) electrons. The molecule has 2 heterocycles. The monoisotopic (exact) mass is 364 g/mol. The van der Waals surface area contributed by atoms with E-state index in [0.29, 0.717) is 12.8 Å². The van der Waals surface area contributed by atoms with E-state index in [2.05, 4.69) is 6.07 Å². The van der Waals surface area contributed by atoms with Crippen LogP contribution >= 0.6 is 0 Å². The highest BCUT2D eigenvalue weighted by Gasteiger charge is 2.80. The van der Waals surface area contributed by atoms with Crippen molar-refractivity contribution in [3.05, 3.63) is 35.6 Å². The van der Waals surface area contributed by atoms with Crippen molar-refractivity contribution < 1.29 is 13.9 Å². The van der Waals surface area contributed by atoms with Gasteiger partial charge < -0.3 is 9.47 Å². The van der Waals surface area contributed by atoms with E-state index < -0.39 is 34.5 Å². The molecule has 4 rings (SSSR count). The van der Waals surface area contributed by atoms with Gasteiger partial charge in [0.1, 0.15) is 11.9 Å². The van der Waals surface area contributed by atoms with Gasteiger partial charge in [0.15, 0.2) is 5.41 Å².